The monoisotopic (exact) mass is 318 g/mol. The molecule has 0 spiro atoms. The van der Waals surface area contributed by atoms with E-state index in [-0.39, 0.29) is 5.56 Å². The Labute approximate surface area is 130 Å². The first-order valence-electron chi connectivity index (χ1n) is 6.69. The van der Waals surface area contributed by atoms with Crippen LogP contribution in [0, 0.1) is 0 Å². The molecule has 8 nitrogen and oxygen atoms in total. The molecule has 1 aromatic heterocycles. The number of imide groups is 1. The highest BCUT2D eigenvalue weighted by molar-refractivity contribution is 5.99. The molecule has 0 unspecified atom stereocenters. The predicted octanol–water partition coefficient (Wildman–Crippen LogP) is 0.794. The molecule has 120 valence electrons. The summed E-state index contributed by atoms with van der Waals surface area (Å²) in [5.41, 5.74) is -0.865. The van der Waals surface area contributed by atoms with Gasteiger partial charge in [-0.2, -0.15) is 0 Å². The average Bonchev–Trinajstić information content (AvgIpc) is 2.53. The maximum Gasteiger partial charge on any atom is 0.351 e. The number of hydrogen-bond donors (Lipinski definition) is 2. The van der Waals surface area contributed by atoms with Crippen LogP contribution in [0.15, 0.2) is 39.5 Å². The van der Waals surface area contributed by atoms with Gasteiger partial charge in [-0.1, -0.05) is 18.2 Å². The Balaban J connectivity index is 2.17. The maximum absolute atomic E-state index is 12.0. The smallest absolute Gasteiger partial charge is 0.351 e. The molecule has 1 aromatic carbocycles. The fourth-order valence-electron chi connectivity index (χ4n) is 1.76. The quantitative estimate of drug-likeness (QED) is 0.639. The summed E-state index contributed by atoms with van der Waals surface area (Å²) in [5, 5.41) is 4.69. The summed E-state index contributed by atoms with van der Waals surface area (Å²) in [5.74, 6) is -1.83. The molecular formula is C15H14N2O6. The molecule has 0 aliphatic heterocycles. The Morgan fingerprint density at radius 3 is 2.61 bits per heavy atom. The van der Waals surface area contributed by atoms with Crippen LogP contribution in [0.5, 0.6) is 0 Å². The number of esters is 1. The van der Waals surface area contributed by atoms with Crippen LogP contribution in [-0.2, 0) is 9.53 Å². The lowest BCUT2D eigenvalue weighted by molar-refractivity contribution is -0.127. The van der Waals surface area contributed by atoms with Crippen molar-refractivity contribution in [1.29, 1.82) is 0 Å². The molecule has 2 rings (SSSR count). The third kappa shape index (κ3) is 3.73. The third-order valence-corrected chi connectivity index (χ3v) is 2.98. The van der Waals surface area contributed by atoms with Gasteiger partial charge in [0.2, 0.25) is 0 Å². The van der Waals surface area contributed by atoms with E-state index in [0.717, 1.165) is 0 Å². The molecular weight excluding hydrogens is 304 g/mol. The molecule has 3 amide bonds. The summed E-state index contributed by atoms with van der Waals surface area (Å²) in [6, 6.07) is 7.25. The van der Waals surface area contributed by atoms with Crippen molar-refractivity contribution < 1.29 is 23.5 Å². The number of para-hydroxylation sites is 1. The van der Waals surface area contributed by atoms with Crippen molar-refractivity contribution in [3.05, 3.63) is 46.3 Å². The van der Waals surface area contributed by atoms with Crippen molar-refractivity contribution in [3.8, 4) is 0 Å². The Bertz CT molecular complexity index is 826. The van der Waals surface area contributed by atoms with Gasteiger partial charge in [0.25, 0.3) is 5.91 Å². The molecule has 0 bridgehead atoms. The second-order valence-electron chi connectivity index (χ2n) is 4.60. The van der Waals surface area contributed by atoms with E-state index in [1.165, 1.54) is 20.0 Å². The van der Waals surface area contributed by atoms with E-state index in [4.69, 9.17) is 9.15 Å². The molecule has 0 aliphatic carbocycles. The second-order valence-corrected chi connectivity index (χ2v) is 4.60. The normalized spacial score (nSPS) is 11.6. The number of carbonyl (C=O) groups excluding carboxylic acids is 3. The molecule has 0 saturated heterocycles. The van der Waals surface area contributed by atoms with Gasteiger partial charge in [0.1, 0.15) is 11.1 Å². The number of urea groups is 1. The van der Waals surface area contributed by atoms with Gasteiger partial charge >= 0.3 is 17.6 Å². The first-order valence-corrected chi connectivity index (χ1v) is 6.69. The minimum absolute atomic E-state index is 0.330. The summed E-state index contributed by atoms with van der Waals surface area (Å²) in [6.07, 6.45) is -1.26. The topological polar surface area (TPSA) is 115 Å². The summed E-state index contributed by atoms with van der Waals surface area (Å²) in [6.45, 7) is 1.28. The first kappa shape index (κ1) is 16.2. The van der Waals surface area contributed by atoms with E-state index in [1.807, 2.05) is 5.32 Å². The molecule has 0 saturated carbocycles. The zero-order chi connectivity index (χ0) is 17.0. The van der Waals surface area contributed by atoms with Gasteiger partial charge in [-0.05, 0) is 19.1 Å². The summed E-state index contributed by atoms with van der Waals surface area (Å²) >= 11 is 0. The first-order chi connectivity index (χ1) is 10.9. The number of fused-ring (bicyclic) bond motifs is 1. The van der Waals surface area contributed by atoms with Crippen molar-refractivity contribution in [3.63, 3.8) is 0 Å². The van der Waals surface area contributed by atoms with Gasteiger partial charge in [0.05, 0.1) is 0 Å². The fraction of sp³-hybridized carbons (Fsp3) is 0.200. The van der Waals surface area contributed by atoms with Crippen molar-refractivity contribution in [1.82, 2.24) is 10.6 Å². The molecule has 1 atom stereocenters. The number of ether oxygens (including phenoxy) is 1. The predicted molar refractivity (Wildman–Crippen MR) is 80.0 cm³/mol. The minimum Gasteiger partial charge on any atom is -0.449 e. The van der Waals surface area contributed by atoms with Crippen molar-refractivity contribution in [2.45, 2.75) is 13.0 Å². The highest BCUT2D eigenvalue weighted by Crippen LogP contribution is 2.13. The van der Waals surface area contributed by atoms with Crippen molar-refractivity contribution in [2.75, 3.05) is 7.05 Å². The molecule has 23 heavy (non-hydrogen) atoms. The molecule has 0 aliphatic rings. The number of hydrogen-bond acceptors (Lipinski definition) is 6. The average molecular weight is 318 g/mol. The van der Waals surface area contributed by atoms with Crippen molar-refractivity contribution >= 4 is 28.9 Å². The molecule has 0 fully saturated rings. The van der Waals surface area contributed by atoms with Crippen molar-refractivity contribution in [2.24, 2.45) is 0 Å². The zero-order valence-corrected chi connectivity index (χ0v) is 12.4. The molecule has 8 heteroatoms. The van der Waals surface area contributed by atoms with E-state index in [9.17, 15) is 19.2 Å². The van der Waals surface area contributed by atoms with Gasteiger partial charge in [-0.3, -0.25) is 10.1 Å². The van der Waals surface area contributed by atoms with E-state index in [0.29, 0.717) is 11.0 Å². The van der Waals surface area contributed by atoms with E-state index < -0.39 is 29.6 Å². The van der Waals surface area contributed by atoms with E-state index in [1.54, 1.807) is 24.3 Å². The Morgan fingerprint density at radius 1 is 1.22 bits per heavy atom. The fourth-order valence-corrected chi connectivity index (χ4v) is 1.76. The Kier molecular flexibility index (Phi) is 4.75. The lowest BCUT2D eigenvalue weighted by atomic mass is 10.2. The van der Waals surface area contributed by atoms with Crippen LogP contribution in [0.25, 0.3) is 11.0 Å². The number of rotatable bonds is 3. The molecule has 2 aromatic rings. The van der Waals surface area contributed by atoms with Gasteiger partial charge in [0.15, 0.2) is 6.10 Å². The van der Waals surface area contributed by atoms with Crippen LogP contribution in [0.3, 0.4) is 0 Å². The van der Waals surface area contributed by atoms with Gasteiger partial charge in [-0.25, -0.2) is 14.4 Å². The van der Waals surface area contributed by atoms with Gasteiger partial charge < -0.3 is 14.5 Å². The maximum atomic E-state index is 12.0. The summed E-state index contributed by atoms with van der Waals surface area (Å²) in [4.78, 5) is 46.5. The highest BCUT2D eigenvalue weighted by atomic mass is 16.5. The Morgan fingerprint density at radius 2 is 1.91 bits per heavy atom. The Hall–Kier alpha value is -3.16. The zero-order valence-electron chi connectivity index (χ0n) is 12.4. The number of amides is 3. The summed E-state index contributed by atoms with van der Waals surface area (Å²) < 4.78 is 9.90. The molecule has 0 radical (unpaired) electrons. The van der Waals surface area contributed by atoms with E-state index >= 15 is 0 Å². The van der Waals surface area contributed by atoms with Crippen LogP contribution in [0.2, 0.25) is 0 Å². The van der Waals surface area contributed by atoms with Crippen LogP contribution in [0.4, 0.5) is 4.79 Å². The molecule has 1 heterocycles. The lowest BCUT2D eigenvalue weighted by Crippen LogP contribution is -2.43. The summed E-state index contributed by atoms with van der Waals surface area (Å²) in [7, 11) is 1.33. The van der Waals surface area contributed by atoms with E-state index in [2.05, 4.69) is 5.32 Å². The number of benzene rings is 1. The molecule has 2 N–H and O–H groups in total. The van der Waals surface area contributed by atoms with Crippen LogP contribution in [-0.4, -0.2) is 31.1 Å². The SMILES string of the molecule is CNC(=O)NC(=O)[C@H](C)OC(=O)c1cc2ccccc2oc1=O. The van der Waals surface area contributed by atoms with Gasteiger partial charge in [-0.15, -0.1) is 0 Å². The highest BCUT2D eigenvalue weighted by Gasteiger charge is 2.23. The second kappa shape index (κ2) is 6.73. The number of carbonyl (C=O) groups is 3. The van der Waals surface area contributed by atoms with Gasteiger partial charge in [0, 0.05) is 12.4 Å². The number of nitrogens with one attached hydrogen (secondary N) is 2. The van der Waals surface area contributed by atoms with Crippen LogP contribution in [0.1, 0.15) is 17.3 Å². The van der Waals surface area contributed by atoms with Crippen LogP contribution < -0.4 is 16.3 Å². The standard InChI is InChI=1S/C15H14N2O6/c1-8(12(18)17-15(21)16-2)22-13(19)10-7-9-5-3-4-6-11(9)23-14(10)20/h3-8H,1-2H3,(H2,16,17,18,21)/t8-/m0/s1. The lowest BCUT2D eigenvalue weighted by Gasteiger charge is -2.12. The third-order valence-electron chi connectivity index (χ3n) is 2.98. The minimum atomic E-state index is -1.26. The van der Waals surface area contributed by atoms with Crippen LogP contribution >= 0.6 is 0 Å². The largest absolute Gasteiger partial charge is 0.449 e.